The Morgan fingerprint density at radius 3 is 2.18 bits per heavy atom. The highest BCUT2D eigenvalue weighted by molar-refractivity contribution is 9.10. The van der Waals surface area contributed by atoms with E-state index in [2.05, 4.69) is 20.9 Å². The lowest BCUT2D eigenvalue weighted by molar-refractivity contribution is -0.113. The molecular weight excluding hydrogens is 459 g/mol. The first kappa shape index (κ1) is 18.9. The van der Waals surface area contributed by atoms with Gasteiger partial charge in [-0.15, -0.1) is 0 Å². The summed E-state index contributed by atoms with van der Waals surface area (Å²) in [5.74, 6) is 0.359. The van der Waals surface area contributed by atoms with Gasteiger partial charge in [0.05, 0.1) is 5.69 Å². The molecule has 3 aromatic carbocycles. The van der Waals surface area contributed by atoms with Crippen molar-refractivity contribution in [2.24, 2.45) is 4.99 Å². The van der Waals surface area contributed by atoms with Crippen LogP contribution in [0.25, 0.3) is 6.08 Å². The third-order valence-corrected chi connectivity index (χ3v) is 5.20. The molecule has 0 atom stereocenters. The molecule has 0 bridgehead atoms. The number of amidine groups is 1. The Kier molecular flexibility index (Phi) is 5.36. The molecule has 0 saturated carbocycles. The number of carbonyl (C=O) groups excluding carboxylic acids is 1. The Balaban J connectivity index is 1.82. The summed E-state index contributed by atoms with van der Waals surface area (Å²) >= 11 is 15.4. The quantitative estimate of drug-likeness (QED) is 0.396. The summed E-state index contributed by atoms with van der Waals surface area (Å²) < 4.78 is 0.878. The van der Waals surface area contributed by atoms with E-state index in [1.807, 2.05) is 48.5 Å². The topological polar surface area (TPSA) is 32.7 Å². The maximum atomic E-state index is 13.2. The second-order valence-corrected chi connectivity index (χ2v) is 7.93. The van der Waals surface area contributed by atoms with Crippen LogP contribution in [0.15, 0.2) is 88.0 Å². The highest BCUT2D eigenvalue weighted by atomic mass is 79.9. The monoisotopic (exact) mass is 470 g/mol. The zero-order valence-corrected chi connectivity index (χ0v) is 17.5. The summed E-state index contributed by atoms with van der Waals surface area (Å²) in [5, 5.41) is 1.26. The molecule has 0 unspecified atom stereocenters. The fraction of sp³-hybridized carbons (Fsp3) is 0. The number of hydrogen-bond donors (Lipinski definition) is 0. The van der Waals surface area contributed by atoms with E-state index in [4.69, 9.17) is 23.2 Å². The van der Waals surface area contributed by atoms with Gasteiger partial charge in [-0.2, -0.15) is 0 Å². The summed E-state index contributed by atoms with van der Waals surface area (Å²) in [6, 6.07) is 22.1. The van der Waals surface area contributed by atoms with E-state index in [9.17, 15) is 4.79 Å². The van der Waals surface area contributed by atoms with E-state index in [1.165, 1.54) is 0 Å². The number of halogens is 3. The van der Waals surface area contributed by atoms with Gasteiger partial charge in [0.2, 0.25) is 0 Å². The molecule has 0 radical (unpaired) electrons. The van der Waals surface area contributed by atoms with Crippen LogP contribution in [0.1, 0.15) is 11.1 Å². The summed E-state index contributed by atoms with van der Waals surface area (Å²) in [4.78, 5) is 19.5. The summed E-state index contributed by atoms with van der Waals surface area (Å²) in [7, 11) is 0. The number of hydrogen-bond acceptors (Lipinski definition) is 2. The minimum absolute atomic E-state index is 0.196. The molecule has 1 heterocycles. The number of aliphatic imine (C=N–C) groups is 1. The van der Waals surface area contributed by atoms with Crippen molar-refractivity contribution in [1.29, 1.82) is 0 Å². The Labute approximate surface area is 181 Å². The van der Waals surface area contributed by atoms with Crippen LogP contribution < -0.4 is 4.90 Å². The van der Waals surface area contributed by atoms with Crippen molar-refractivity contribution in [3.63, 3.8) is 0 Å². The molecule has 0 aromatic heterocycles. The van der Waals surface area contributed by atoms with Crippen LogP contribution in [0.2, 0.25) is 10.0 Å². The van der Waals surface area contributed by atoms with Gasteiger partial charge < -0.3 is 0 Å². The van der Waals surface area contributed by atoms with Gasteiger partial charge >= 0.3 is 0 Å². The molecule has 3 aromatic rings. The average molecular weight is 472 g/mol. The second kappa shape index (κ2) is 7.92. The standard InChI is InChI=1S/C22H13BrCl2N2O/c23-16-2-1-3-19(13-16)27-21(15-6-10-18(25)11-7-15)26-20(22(27)28)12-14-4-8-17(24)9-5-14/h1-13H/b20-12+. The van der Waals surface area contributed by atoms with E-state index < -0.39 is 0 Å². The zero-order chi connectivity index (χ0) is 19.7. The van der Waals surface area contributed by atoms with E-state index >= 15 is 0 Å². The molecule has 3 nitrogen and oxygen atoms in total. The Morgan fingerprint density at radius 1 is 0.893 bits per heavy atom. The highest BCUT2D eigenvalue weighted by Crippen LogP contribution is 2.30. The fourth-order valence-corrected chi connectivity index (χ4v) is 3.52. The number of carbonyl (C=O) groups is 1. The normalized spacial score (nSPS) is 15.2. The van der Waals surface area contributed by atoms with Crippen molar-refractivity contribution in [3.05, 3.63) is 104 Å². The van der Waals surface area contributed by atoms with Crippen molar-refractivity contribution >= 4 is 62.6 Å². The van der Waals surface area contributed by atoms with Crippen LogP contribution in [0.3, 0.4) is 0 Å². The average Bonchev–Trinajstić information content (AvgIpc) is 3.00. The SMILES string of the molecule is O=C1/C(=C\c2ccc(Cl)cc2)N=C(c2ccc(Cl)cc2)N1c1cccc(Br)c1. The smallest absolute Gasteiger partial charge is 0.266 e. The molecule has 138 valence electrons. The molecule has 1 amide bonds. The third-order valence-electron chi connectivity index (χ3n) is 4.20. The Morgan fingerprint density at radius 2 is 1.54 bits per heavy atom. The first-order valence-corrected chi connectivity index (χ1v) is 9.98. The Hall–Kier alpha value is -2.40. The molecule has 0 saturated heterocycles. The van der Waals surface area contributed by atoms with Crippen LogP contribution in [-0.2, 0) is 4.79 Å². The Bertz CT molecular complexity index is 1110. The largest absolute Gasteiger partial charge is 0.282 e. The van der Waals surface area contributed by atoms with Crippen molar-refractivity contribution in [3.8, 4) is 0 Å². The predicted molar refractivity (Wildman–Crippen MR) is 119 cm³/mol. The van der Waals surface area contributed by atoms with Crippen molar-refractivity contribution in [2.75, 3.05) is 4.90 Å². The molecular formula is C22H13BrCl2N2O. The molecule has 0 N–H and O–H groups in total. The van der Waals surface area contributed by atoms with Gasteiger partial charge in [0.25, 0.3) is 5.91 Å². The van der Waals surface area contributed by atoms with Crippen LogP contribution in [-0.4, -0.2) is 11.7 Å². The van der Waals surface area contributed by atoms with Crippen molar-refractivity contribution in [2.45, 2.75) is 0 Å². The fourth-order valence-electron chi connectivity index (χ4n) is 2.88. The molecule has 28 heavy (non-hydrogen) atoms. The summed E-state index contributed by atoms with van der Waals surface area (Å²) in [6.07, 6.45) is 1.76. The van der Waals surface area contributed by atoms with Gasteiger partial charge in [-0.3, -0.25) is 9.69 Å². The minimum atomic E-state index is -0.196. The maximum absolute atomic E-state index is 13.2. The first-order valence-electron chi connectivity index (χ1n) is 8.43. The third kappa shape index (κ3) is 3.90. The number of amides is 1. The number of benzene rings is 3. The van der Waals surface area contributed by atoms with Gasteiger partial charge in [0.1, 0.15) is 11.5 Å². The lowest BCUT2D eigenvalue weighted by Gasteiger charge is -2.18. The van der Waals surface area contributed by atoms with Crippen LogP contribution in [0.5, 0.6) is 0 Å². The van der Waals surface area contributed by atoms with Crippen molar-refractivity contribution in [1.82, 2.24) is 0 Å². The molecule has 0 spiro atoms. The van der Waals surface area contributed by atoms with Gasteiger partial charge in [0.15, 0.2) is 0 Å². The van der Waals surface area contributed by atoms with E-state index in [1.54, 1.807) is 35.2 Å². The minimum Gasteiger partial charge on any atom is -0.266 e. The maximum Gasteiger partial charge on any atom is 0.282 e. The summed E-state index contributed by atoms with van der Waals surface area (Å²) in [5.41, 5.74) is 2.74. The lowest BCUT2D eigenvalue weighted by Crippen LogP contribution is -2.32. The molecule has 6 heteroatoms. The van der Waals surface area contributed by atoms with E-state index in [0.717, 1.165) is 21.3 Å². The number of rotatable bonds is 3. The lowest BCUT2D eigenvalue weighted by atomic mass is 10.1. The van der Waals surface area contributed by atoms with E-state index in [0.29, 0.717) is 21.6 Å². The number of nitrogens with zero attached hydrogens (tertiary/aromatic N) is 2. The first-order chi connectivity index (χ1) is 13.5. The van der Waals surface area contributed by atoms with Gasteiger partial charge in [-0.1, -0.05) is 57.3 Å². The van der Waals surface area contributed by atoms with Crippen LogP contribution in [0.4, 0.5) is 5.69 Å². The van der Waals surface area contributed by atoms with Crippen molar-refractivity contribution < 1.29 is 4.79 Å². The molecule has 1 aliphatic rings. The zero-order valence-electron chi connectivity index (χ0n) is 14.4. The summed E-state index contributed by atoms with van der Waals surface area (Å²) in [6.45, 7) is 0. The molecule has 1 aliphatic heterocycles. The molecule has 0 aliphatic carbocycles. The molecule has 0 fully saturated rings. The van der Waals surface area contributed by atoms with Gasteiger partial charge in [-0.25, -0.2) is 4.99 Å². The van der Waals surface area contributed by atoms with Gasteiger partial charge in [0, 0.05) is 20.1 Å². The van der Waals surface area contributed by atoms with Crippen LogP contribution >= 0.6 is 39.1 Å². The van der Waals surface area contributed by atoms with Crippen LogP contribution in [0, 0.1) is 0 Å². The van der Waals surface area contributed by atoms with E-state index in [-0.39, 0.29) is 5.91 Å². The second-order valence-electron chi connectivity index (χ2n) is 6.14. The highest BCUT2D eigenvalue weighted by Gasteiger charge is 2.32. The molecule has 4 rings (SSSR count). The number of anilines is 1. The van der Waals surface area contributed by atoms with Gasteiger partial charge in [-0.05, 0) is 66.2 Å². The predicted octanol–water partition coefficient (Wildman–Crippen LogP) is 6.59.